The van der Waals surface area contributed by atoms with Gasteiger partial charge in [0.25, 0.3) is 0 Å². The third-order valence-corrected chi connectivity index (χ3v) is 5.16. The topological polar surface area (TPSA) is 0 Å². The predicted molar refractivity (Wildman–Crippen MR) is 71.4 cm³/mol. The summed E-state index contributed by atoms with van der Waals surface area (Å²) in [6, 6.07) is 0. The second kappa shape index (κ2) is 4.39. The van der Waals surface area contributed by atoms with Crippen molar-refractivity contribution in [3.63, 3.8) is 0 Å². The van der Waals surface area contributed by atoms with E-state index < -0.39 is 0 Å². The molecule has 1 unspecified atom stereocenters. The Labute approximate surface area is 101 Å². The van der Waals surface area contributed by atoms with Gasteiger partial charge in [0.2, 0.25) is 0 Å². The first-order valence-corrected chi connectivity index (χ1v) is 6.92. The van der Waals surface area contributed by atoms with E-state index in [9.17, 15) is 0 Å². The second-order valence-electron chi connectivity index (χ2n) is 6.10. The first kappa shape index (κ1) is 12.0. The van der Waals surface area contributed by atoms with Gasteiger partial charge in [0.05, 0.1) is 0 Å². The maximum absolute atomic E-state index is 2.47. The zero-order chi connectivity index (χ0) is 11.8. The third kappa shape index (κ3) is 1.87. The van der Waals surface area contributed by atoms with Crippen molar-refractivity contribution in [3.8, 4) is 0 Å². The van der Waals surface area contributed by atoms with E-state index in [0.717, 1.165) is 11.8 Å². The lowest BCUT2D eigenvalue weighted by atomic mass is 9.53. The van der Waals surface area contributed by atoms with Crippen LogP contribution in [0, 0.1) is 17.3 Å². The van der Waals surface area contributed by atoms with Crippen molar-refractivity contribution < 1.29 is 0 Å². The molecule has 3 aliphatic carbocycles. The Morgan fingerprint density at radius 2 is 2.00 bits per heavy atom. The van der Waals surface area contributed by atoms with E-state index >= 15 is 0 Å². The largest absolute Gasteiger partial charge is 0.0851 e. The number of rotatable bonds is 2. The van der Waals surface area contributed by atoms with Gasteiger partial charge in [0.1, 0.15) is 0 Å². The average Bonchev–Trinajstić information content (AvgIpc) is 2.27. The zero-order valence-electron chi connectivity index (χ0n) is 11.3. The number of fused-ring (bicyclic) bond motifs is 3. The van der Waals surface area contributed by atoms with E-state index in [-0.39, 0.29) is 0 Å². The molecule has 1 fully saturated rings. The summed E-state index contributed by atoms with van der Waals surface area (Å²) in [7, 11) is 0. The SMILES string of the molecule is CCCC12CC(C=CCC(C)=C(C)C1C)C2. The Morgan fingerprint density at radius 3 is 2.62 bits per heavy atom. The summed E-state index contributed by atoms with van der Waals surface area (Å²) in [5.41, 5.74) is 3.91. The van der Waals surface area contributed by atoms with E-state index in [4.69, 9.17) is 0 Å². The van der Waals surface area contributed by atoms with Gasteiger partial charge in [-0.25, -0.2) is 0 Å². The minimum absolute atomic E-state index is 0.638. The van der Waals surface area contributed by atoms with E-state index in [1.165, 1.54) is 32.1 Å². The van der Waals surface area contributed by atoms with Crippen molar-refractivity contribution in [1.82, 2.24) is 0 Å². The summed E-state index contributed by atoms with van der Waals surface area (Å²) < 4.78 is 0. The molecular formula is C16H26. The highest BCUT2D eigenvalue weighted by Crippen LogP contribution is 2.57. The molecule has 0 amide bonds. The fourth-order valence-corrected chi connectivity index (χ4v) is 3.82. The molecule has 3 rings (SSSR count). The average molecular weight is 218 g/mol. The molecule has 0 aromatic heterocycles. The van der Waals surface area contributed by atoms with Gasteiger partial charge in [-0.05, 0) is 56.8 Å². The van der Waals surface area contributed by atoms with Gasteiger partial charge in [-0.3, -0.25) is 0 Å². The van der Waals surface area contributed by atoms with E-state index in [2.05, 4.69) is 39.8 Å². The van der Waals surface area contributed by atoms with Gasteiger partial charge in [-0.2, -0.15) is 0 Å². The molecule has 16 heavy (non-hydrogen) atoms. The summed E-state index contributed by atoms with van der Waals surface area (Å²) in [5, 5.41) is 0. The molecule has 0 heteroatoms. The standard InChI is InChI=1S/C16H26/c1-5-9-16-10-15(11-16)8-6-7-12(2)13(3)14(16)4/h6,8,14-15H,5,7,9-11H2,1-4H3. The van der Waals surface area contributed by atoms with Gasteiger partial charge in [-0.15, -0.1) is 0 Å². The summed E-state index contributed by atoms with van der Waals surface area (Å²) in [6.45, 7) is 9.49. The molecule has 0 nitrogen and oxygen atoms in total. The van der Waals surface area contributed by atoms with Crippen molar-refractivity contribution in [1.29, 1.82) is 0 Å². The summed E-state index contributed by atoms with van der Waals surface area (Å²) in [4.78, 5) is 0. The van der Waals surface area contributed by atoms with Crippen LogP contribution >= 0.6 is 0 Å². The normalized spacial score (nSPS) is 38.8. The lowest BCUT2D eigenvalue weighted by molar-refractivity contribution is 0.0258. The van der Waals surface area contributed by atoms with Crippen LogP contribution in [-0.4, -0.2) is 0 Å². The first-order valence-electron chi connectivity index (χ1n) is 6.92. The Kier molecular flexibility index (Phi) is 3.28. The predicted octanol–water partition coefficient (Wildman–Crippen LogP) is 5.12. The van der Waals surface area contributed by atoms with Crippen molar-refractivity contribution in [2.45, 2.75) is 59.8 Å². The molecule has 0 spiro atoms. The first-order chi connectivity index (χ1) is 7.59. The molecule has 0 heterocycles. The summed E-state index contributed by atoms with van der Waals surface area (Å²) >= 11 is 0. The quantitative estimate of drug-likeness (QED) is 0.565. The molecule has 1 atom stereocenters. The van der Waals surface area contributed by atoms with Crippen LogP contribution in [0.2, 0.25) is 0 Å². The molecule has 0 radical (unpaired) electrons. The van der Waals surface area contributed by atoms with Crippen LogP contribution < -0.4 is 0 Å². The molecule has 90 valence electrons. The minimum Gasteiger partial charge on any atom is -0.0851 e. The van der Waals surface area contributed by atoms with Crippen LogP contribution in [0.4, 0.5) is 0 Å². The van der Waals surface area contributed by atoms with Crippen LogP contribution in [0.15, 0.2) is 23.3 Å². The fraction of sp³-hybridized carbons (Fsp3) is 0.750. The lowest BCUT2D eigenvalue weighted by Gasteiger charge is -2.51. The van der Waals surface area contributed by atoms with Crippen molar-refractivity contribution in [2.24, 2.45) is 17.3 Å². The molecule has 3 aliphatic rings. The van der Waals surface area contributed by atoms with Crippen LogP contribution in [0.25, 0.3) is 0 Å². The van der Waals surface area contributed by atoms with Crippen LogP contribution in [0.1, 0.15) is 59.8 Å². The molecule has 0 N–H and O–H groups in total. The monoisotopic (exact) mass is 218 g/mol. The summed E-state index contributed by atoms with van der Waals surface area (Å²) in [6.07, 6.45) is 11.7. The molecule has 1 saturated carbocycles. The highest BCUT2D eigenvalue weighted by molar-refractivity contribution is 5.23. The Morgan fingerprint density at radius 1 is 1.31 bits per heavy atom. The Balaban J connectivity index is 2.28. The zero-order valence-corrected chi connectivity index (χ0v) is 11.3. The molecule has 0 aromatic carbocycles. The smallest absolute Gasteiger partial charge is 0.0139 e. The molecular weight excluding hydrogens is 192 g/mol. The van der Waals surface area contributed by atoms with Gasteiger partial charge < -0.3 is 0 Å². The second-order valence-corrected chi connectivity index (χ2v) is 6.10. The maximum Gasteiger partial charge on any atom is -0.0139 e. The minimum atomic E-state index is 0.638. The molecule has 0 saturated heterocycles. The van der Waals surface area contributed by atoms with Crippen molar-refractivity contribution >= 4 is 0 Å². The Bertz CT molecular complexity index is 313. The summed E-state index contributed by atoms with van der Waals surface area (Å²) in [5.74, 6) is 1.68. The number of hydrogen-bond acceptors (Lipinski definition) is 0. The third-order valence-electron chi connectivity index (χ3n) is 5.16. The van der Waals surface area contributed by atoms with Crippen LogP contribution in [0.3, 0.4) is 0 Å². The molecule has 0 aliphatic heterocycles. The van der Waals surface area contributed by atoms with Gasteiger partial charge in [-0.1, -0.05) is 43.6 Å². The fourth-order valence-electron chi connectivity index (χ4n) is 3.82. The van der Waals surface area contributed by atoms with Gasteiger partial charge in [0, 0.05) is 0 Å². The van der Waals surface area contributed by atoms with E-state index in [1.807, 2.05) is 0 Å². The van der Waals surface area contributed by atoms with Crippen LogP contribution in [-0.2, 0) is 0 Å². The van der Waals surface area contributed by atoms with Gasteiger partial charge >= 0.3 is 0 Å². The maximum atomic E-state index is 2.47. The highest BCUT2D eigenvalue weighted by Gasteiger charge is 2.46. The highest BCUT2D eigenvalue weighted by atomic mass is 14.5. The van der Waals surface area contributed by atoms with E-state index in [1.54, 1.807) is 11.1 Å². The molecule has 0 aromatic rings. The van der Waals surface area contributed by atoms with Crippen LogP contribution in [0.5, 0.6) is 0 Å². The van der Waals surface area contributed by atoms with Gasteiger partial charge in [0.15, 0.2) is 0 Å². The Hall–Kier alpha value is -0.520. The number of hydrogen-bond donors (Lipinski definition) is 0. The lowest BCUT2D eigenvalue weighted by Crippen LogP contribution is -2.42. The van der Waals surface area contributed by atoms with E-state index in [0.29, 0.717) is 5.41 Å². The molecule has 2 bridgehead atoms. The van der Waals surface area contributed by atoms with Crippen molar-refractivity contribution in [3.05, 3.63) is 23.3 Å². The number of allylic oxidation sites excluding steroid dienone is 4. The van der Waals surface area contributed by atoms with Crippen molar-refractivity contribution in [2.75, 3.05) is 0 Å².